The number of carbonyl (C=O) groups is 1. The van der Waals surface area contributed by atoms with Crippen LogP contribution < -0.4 is 9.80 Å². The first-order chi connectivity index (χ1) is 14.8. The Kier molecular flexibility index (Phi) is 7.68. The molecular formula is C25H34N4OS. The molecule has 5 nitrogen and oxygen atoms in total. The molecule has 0 aliphatic carbocycles. The highest BCUT2D eigenvalue weighted by Gasteiger charge is 2.22. The van der Waals surface area contributed by atoms with Crippen molar-refractivity contribution in [2.45, 2.75) is 34.1 Å². The van der Waals surface area contributed by atoms with E-state index in [-0.39, 0.29) is 5.91 Å². The molecule has 0 N–H and O–H groups in total. The molecule has 1 aromatic heterocycles. The number of aryl methyl sites for hydroxylation is 2. The molecule has 0 aliphatic rings. The van der Waals surface area contributed by atoms with E-state index in [4.69, 9.17) is 4.98 Å². The third-order valence-electron chi connectivity index (χ3n) is 5.78. The van der Waals surface area contributed by atoms with Crippen LogP contribution in [0.15, 0.2) is 36.4 Å². The highest BCUT2D eigenvalue weighted by Crippen LogP contribution is 2.33. The molecule has 1 amide bonds. The molecule has 0 unspecified atom stereocenters. The molecule has 31 heavy (non-hydrogen) atoms. The third-order valence-corrected chi connectivity index (χ3v) is 6.82. The Hall–Kier alpha value is -2.44. The number of rotatable bonds is 9. The molecule has 0 saturated carbocycles. The number of carbonyl (C=O) groups excluding carboxylic acids is 1. The van der Waals surface area contributed by atoms with Gasteiger partial charge in [-0.25, -0.2) is 4.98 Å². The molecule has 166 valence electrons. The lowest BCUT2D eigenvalue weighted by Gasteiger charge is -2.23. The molecule has 0 bridgehead atoms. The van der Waals surface area contributed by atoms with Crippen LogP contribution in [-0.4, -0.2) is 56.1 Å². The smallest absolute Gasteiger partial charge is 0.260 e. The summed E-state index contributed by atoms with van der Waals surface area (Å²) in [6.45, 7) is 12.0. The van der Waals surface area contributed by atoms with Crippen molar-refractivity contribution in [3.05, 3.63) is 53.1 Å². The van der Waals surface area contributed by atoms with Crippen LogP contribution in [0.4, 0.5) is 10.8 Å². The molecule has 1 heterocycles. The van der Waals surface area contributed by atoms with Gasteiger partial charge < -0.3 is 9.80 Å². The second kappa shape index (κ2) is 10.2. The molecular weight excluding hydrogens is 404 g/mol. The van der Waals surface area contributed by atoms with Crippen molar-refractivity contribution in [1.82, 2.24) is 9.88 Å². The van der Waals surface area contributed by atoms with Gasteiger partial charge in [-0.05, 0) is 96.2 Å². The fourth-order valence-corrected chi connectivity index (χ4v) is 4.77. The number of thiazole rings is 1. The van der Waals surface area contributed by atoms with Crippen molar-refractivity contribution in [2.24, 2.45) is 0 Å². The van der Waals surface area contributed by atoms with Crippen LogP contribution in [0.2, 0.25) is 0 Å². The van der Waals surface area contributed by atoms with Crippen molar-refractivity contribution >= 4 is 38.3 Å². The van der Waals surface area contributed by atoms with Gasteiger partial charge in [0.25, 0.3) is 5.91 Å². The van der Waals surface area contributed by atoms with E-state index < -0.39 is 0 Å². The Balaban J connectivity index is 1.93. The Morgan fingerprint density at radius 1 is 0.968 bits per heavy atom. The van der Waals surface area contributed by atoms with Crippen LogP contribution in [0.1, 0.15) is 41.8 Å². The lowest BCUT2D eigenvalue weighted by molar-refractivity contribution is 0.0986. The summed E-state index contributed by atoms with van der Waals surface area (Å²) in [7, 11) is 4.11. The van der Waals surface area contributed by atoms with Gasteiger partial charge in [0.05, 0.1) is 10.2 Å². The van der Waals surface area contributed by atoms with Crippen molar-refractivity contribution in [3.8, 4) is 0 Å². The van der Waals surface area contributed by atoms with Gasteiger partial charge in [-0.2, -0.15) is 0 Å². The number of hydrogen-bond acceptors (Lipinski definition) is 5. The summed E-state index contributed by atoms with van der Waals surface area (Å²) < 4.78 is 1.13. The van der Waals surface area contributed by atoms with Crippen LogP contribution in [0.25, 0.3) is 10.2 Å². The van der Waals surface area contributed by atoms with Crippen molar-refractivity contribution in [1.29, 1.82) is 0 Å². The van der Waals surface area contributed by atoms with Gasteiger partial charge in [0.15, 0.2) is 5.13 Å². The maximum atomic E-state index is 13.5. The zero-order valence-electron chi connectivity index (χ0n) is 19.6. The molecule has 0 saturated heterocycles. The first-order valence-corrected chi connectivity index (χ1v) is 11.9. The summed E-state index contributed by atoms with van der Waals surface area (Å²) in [5, 5.41) is 0.778. The number of hydrogen-bond donors (Lipinski definition) is 0. The van der Waals surface area contributed by atoms with Crippen LogP contribution >= 0.6 is 11.3 Å². The van der Waals surface area contributed by atoms with E-state index in [9.17, 15) is 4.79 Å². The van der Waals surface area contributed by atoms with Crippen molar-refractivity contribution in [3.63, 3.8) is 0 Å². The normalized spacial score (nSPS) is 11.3. The maximum Gasteiger partial charge on any atom is 0.260 e. The number of nitrogens with zero attached hydrogens (tertiary/aromatic N) is 4. The van der Waals surface area contributed by atoms with Crippen LogP contribution in [0.5, 0.6) is 0 Å². The molecule has 0 atom stereocenters. The van der Waals surface area contributed by atoms with Gasteiger partial charge in [-0.15, -0.1) is 0 Å². The van der Waals surface area contributed by atoms with Gasteiger partial charge in [0, 0.05) is 30.9 Å². The zero-order chi connectivity index (χ0) is 22.5. The topological polar surface area (TPSA) is 39.7 Å². The summed E-state index contributed by atoms with van der Waals surface area (Å²) in [5.41, 5.74) is 5.26. The molecule has 3 rings (SSSR count). The predicted octanol–water partition coefficient (Wildman–Crippen LogP) is 5.36. The highest BCUT2D eigenvalue weighted by molar-refractivity contribution is 7.22. The number of fused-ring (bicyclic) bond motifs is 1. The second-order valence-corrected chi connectivity index (χ2v) is 9.19. The van der Waals surface area contributed by atoms with E-state index in [0.29, 0.717) is 12.1 Å². The summed E-state index contributed by atoms with van der Waals surface area (Å²) in [6, 6.07) is 12.2. The lowest BCUT2D eigenvalue weighted by atomic mass is 10.1. The minimum absolute atomic E-state index is 0.0123. The minimum atomic E-state index is 0.0123. The Bertz CT molecular complexity index is 1020. The SMILES string of the molecule is CCN(CC)c1ccc(C(=O)N(CCCN(C)C)c2nc3c(C)c(C)ccc3s2)cc1. The summed E-state index contributed by atoms with van der Waals surface area (Å²) in [6.07, 6.45) is 0.893. The summed E-state index contributed by atoms with van der Waals surface area (Å²) in [4.78, 5) is 24.7. The van der Waals surface area contributed by atoms with Crippen molar-refractivity contribution in [2.75, 3.05) is 50.1 Å². The van der Waals surface area contributed by atoms with Crippen LogP contribution in [0.3, 0.4) is 0 Å². The van der Waals surface area contributed by atoms with Gasteiger partial charge >= 0.3 is 0 Å². The minimum Gasteiger partial charge on any atom is -0.372 e. The maximum absolute atomic E-state index is 13.5. The van der Waals surface area contributed by atoms with Gasteiger partial charge in [-0.3, -0.25) is 9.69 Å². The van der Waals surface area contributed by atoms with E-state index in [2.05, 4.69) is 63.7 Å². The number of benzene rings is 2. The molecule has 0 fully saturated rings. The van der Waals surface area contributed by atoms with Crippen LogP contribution in [-0.2, 0) is 0 Å². The van der Waals surface area contributed by atoms with Gasteiger partial charge in [-0.1, -0.05) is 17.4 Å². The first-order valence-electron chi connectivity index (χ1n) is 11.0. The quantitative estimate of drug-likeness (QED) is 0.451. The third kappa shape index (κ3) is 5.25. The Morgan fingerprint density at radius 3 is 2.26 bits per heavy atom. The number of aromatic nitrogens is 1. The summed E-state index contributed by atoms with van der Waals surface area (Å²) >= 11 is 1.60. The van der Waals surface area contributed by atoms with Crippen molar-refractivity contribution < 1.29 is 4.79 Å². The highest BCUT2D eigenvalue weighted by atomic mass is 32.1. The Labute approximate surface area is 190 Å². The molecule has 3 aromatic rings. The van der Waals surface area contributed by atoms with E-state index >= 15 is 0 Å². The monoisotopic (exact) mass is 438 g/mol. The standard InChI is InChI=1S/C25H34N4OS/c1-7-28(8-2)21-13-11-20(12-14-21)24(30)29(17-9-16-27(5)6)25-26-23-19(4)18(3)10-15-22(23)31-25/h10-15H,7-9,16-17H2,1-6H3. The molecule has 0 radical (unpaired) electrons. The van der Waals surface area contributed by atoms with Crippen LogP contribution in [0, 0.1) is 13.8 Å². The van der Waals surface area contributed by atoms with E-state index in [1.165, 1.54) is 11.1 Å². The predicted molar refractivity (Wildman–Crippen MR) is 134 cm³/mol. The zero-order valence-corrected chi connectivity index (χ0v) is 20.4. The molecule has 0 aliphatic heterocycles. The lowest BCUT2D eigenvalue weighted by Crippen LogP contribution is -2.33. The van der Waals surface area contributed by atoms with Gasteiger partial charge in [0.2, 0.25) is 0 Å². The molecule has 0 spiro atoms. The largest absolute Gasteiger partial charge is 0.372 e. The first kappa shape index (κ1) is 23.2. The fourth-order valence-electron chi connectivity index (χ4n) is 3.72. The second-order valence-electron chi connectivity index (χ2n) is 8.18. The average Bonchev–Trinajstić information content (AvgIpc) is 3.19. The summed E-state index contributed by atoms with van der Waals surface area (Å²) in [5.74, 6) is 0.0123. The number of anilines is 2. The van der Waals surface area contributed by atoms with E-state index in [1.807, 2.05) is 29.2 Å². The van der Waals surface area contributed by atoms with E-state index in [1.54, 1.807) is 11.3 Å². The average molecular weight is 439 g/mol. The number of amides is 1. The van der Waals surface area contributed by atoms with E-state index in [0.717, 1.165) is 47.1 Å². The molecule has 2 aromatic carbocycles. The van der Waals surface area contributed by atoms with Gasteiger partial charge in [0.1, 0.15) is 0 Å². The fraction of sp³-hybridized carbons (Fsp3) is 0.440. The molecule has 6 heteroatoms. The Morgan fingerprint density at radius 2 is 1.65 bits per heavy atom.